The summed E-state index contributed by atoms with van der Waals surface area (Å²) in [7, 11) is -4.11. The summed E-state index contributed by atoms with van der Waals surface area (Å²) in [4.78, 5) is 16.7. The van der Waals surface area contributed by atoms with Crippen LogP contribution in [0.15, 0.2) is 59.6 Å². The maximum atomic E-state index is 13.8. The topological polar surface area (TPSA) is 119 Å². The van der Waals surface area contributed by atoms with Crippen LogP contribution < -0.4 is 10.5 Å². The lowest BCUT2D eigenvalue weighted by atomic mass is 10.1. The first-order valence-corrected chi connectivity index (χ1v) is 11.7. The van der Waals surface area contributed by atoms with E-state index in [2.05, 4.69) is 15.4 Å². The number of hydrogen-bond acceptors (Lipinski definition) is 5. The Kier molecular flexibility index (Phi) is 6.24. The van der Waals surface area contributed by atoms with Gasteiger partial charge in [0, 0.05) is 11.3 Å². The fourth-order valence-corrected chi connectivity index (χ4v) is 3.95. The Bertz CT molecular complexity index is 1630. The lowest BCUT2D eigenvalue weighted by molar-refractivity contribution is -0.142. The maximum Gasteiger partial charge on any atom is 0.433 e. The number of carbonyl (C=O) groups is 1. The number of alkyl halides is 6. The van der Waals surface area contributed by atoms with Gasteiger partial charge in [-0.3, -0.25) is 4.79 Å². The number of anilines is 1. The SMILES string of the molecule is Cc1ccc(S(N)(=O)=O)cc1NC(=O)c1cnn2c(C(F)(F)F)cc(-c3ccc(C(F)(F)F)cc3)nc12. The summed E-state index contributed by atoms with van der Waals surface area (Å²) in [5.41, 5.74) is -3.23. The maximum absolute atomic E-state index is 13.8. The third-order valence-corrected chi connectivity index (χ3v) is 6.21. The normalized spacial score (nSPS) is 12.6. The number of hydrogen-bond donors (Lipinski definition) is 2. The zero-order chi connectivity index (χ0) is 27.3. The first-order chi connectivity index (χ1) is 17.1. The fourth-order valence-electron chi connectivity index (χ4n) is 3.41. The molecule has 0 bridgehead atoms. The molecule has 15 heteroatoms. The van der Waals surface area contributed by atoms with E-state index in [0.29, 0.717) is 28.3 Å². The number of sulfonamides is 1. The summed E-state index contributed by atoms with van der Waals surface area (Å²) < 4.78 is 104. The van der Waals surface area contributed by atoms with Crippen LogP contribution in [0.5, 0.6) is 0 Å². The summed E-state index contributed by atoms with van der Waals surface area (Å²) in [6.45, 7) is 1.54. The van der Waals surface area contributed by atoms with Gasteiger partial charge >= 0.3 is 12.4 Å². The van der Waals surface area contributed by atoms with Crippen molar-refractivity contribution in [1.29, 1.82) is 0 Å². The second kappa shape index (κ2) is 8.85. The Hall–Kier alpha value is -3.98. The highest BCUT2D eigenvalue weighted by atomic mass is 32.2. The number of aryl methyl sites for hydroxylation is 1. The van der Waals surface area contributed by atoms with E-state index in [9.17, 15) is 39.6 Å². The number of primary sulfonamides is 1. The summed E-state index contributed by atoms with van der Waals surface area (Å²) in [5.74, 6) is -0.963. The quantitative estimate of drug-likeness (QED) is 0.364. The van der Waals surface area contributed by atoms with Crippen molar-refractivity contribution in [2.45, 2.75) is 24.2 Å². The first-order valence-electron chi connectivity index (χ1n) is 10.1. The van der Waals surface area contributed by atoms with Crippen molar-refractivity contribution in [3.63, 3.8) is 0 Å². The van der Waals surface area contributed by atoms with Crippen LogP contribution >= 0.6 is 0 Å². The van der Waals surface area contributed by atoms with Crippen molar-refractivity contribution in [2.75, 3.05) is 5.32 Å². The highest BCUT2D eigenvalue weighted by Gasteiger charge is 2.36. The summed E-state index contributed by atoms with van der Waals surface area (Å²) in [6, 6.07) is 7.57. The molecule has 0 aliphatic rings. The number of nitrogens with zero attached hydrogens (tertiary/aromatic N) is 3. The van der Waals surface area contributed by atoms with E-state index in [1.165, 1.54) is 12.1 Å². The lowest BCUT2D eigenvalue weighted by Crippen LogP contribution is -2.17. The molecule has 0 unspecified atom stereocenters. The van der Waals surface area contributed by atoms with Gasteiger partial charge in [0.25, 0.3) is 5.91 Å². The first kappa shape index (κ1) is 26.1. The van der Waals surface area contributed by atoms with E-state index < -0.39 is 50.8 Å². The molecule has 8 nitrogen and oxygen atoms in total. The number of nitrogens with two attached hydrogens (primary N) is 1. The summed E-state index contributed by atoms with van der Waals surface area (Å²) in [5, 5.41) is 11.1. The molecular weight excluding hydrogens is 528 g/mol. The van der Waals surface area contributed by atoms with Gasteiger partial charge in [-0.2, -0.15) is 31.4 Å². The Labute approximate surface area is 204 Å². The third kappa shape index (κ3) is 5.27. The van der Waals surface area contributed by atoms with E-state index in [-0.39, 0.29) is 21.8 Å². The molecule has 4 aromatic rings. The second-order valence-electron chi connectivity index (χ2n) is 7.87. The summed E-state index contributed by atoms with van der Waals surface area (Å²) >= 11 is 0. The molecule has 2 aromatic carbocycles. The predicted molar refractivity (Wildman–Crippen MR) is 119 cm³/mol. The molecule has 0 aliphatic heterocycles. The standard InChI is InChI=1S/C22H15F6N5O3S/c1-11-2-7-14(37(29,35)36)8-16(11)32-20(34)15-10-30-33-18(22(26,27)28)9-17(31-19(15)33)12-3-5-13(6-4-12)21(23,24)25/h2-10H,1H3,(H,32,34)(H2,29,35,36). The molecule has 0 aliphatic carbocycles. The van der Waals surface area contributed by atoms with Gasteiger partial charge in [0.1, 0.15) is 5.56 Å². The van der Waals surface area contributed by atoms with Gasteiger partial charge in [-0.25, -0.2) is 23.1 Å². The average Bonchev–Trinajstić information content (AvgIpc) is 3.22. The molecule has 0 saturated heterocycles. The van der Waals surface area contributed by atoms with Crippen molar-refractivity contribution < 1.29 is 39.6 Å². The number of benzene rings is 2. The lowest BCUT2D eigenvalue weighted by Gasteiger charge is -2.13. The van der Waals surface area contributed by atoms with E-state index in [1.807, 2.05) is 0 Å². The smallest absolute Gasteiger partial charge is 0.322 e. The Morgan fingerprint density at radius 3 is 2.19 bits per heavy atom. The van der Waals surface area contributed by atoms with E-state index >= 15 is 0 Å². The fraction of sp³-hybridized carbons (Fsp3) is 0.136. The minimum absolute atomic E-state index is 0.0193. The van der Waals surface area contributed by atoms with Gasteiger partial charge in [0.15, 0.2) is 11.3 Å². The molecule has 4 rings (SSSR count). The largest absolute Gasteiger partial charge is 0.433 e. The van der Waals surface area contributed by atoms with Crippen molar-refractivity contribution in [2.24, 2.45) is 5.14 Å². The Morgan fingerprint density at radius 2 is 1.62 bits per heavy atom. The zero-order valence-electron chi connectivity index (χ0n) is 18.5. The summed E-state index contributed by atoms with van der Waals surface area (Å²) in [6.07, 6.45) is -8.77. The van der Waals surface area contributed by atoms with Crippen molar-refractivity contribution in [3.05, 3.63) is 77.1 Å². The van der Waals surface area contributed by atoms with Crippen LogP contribution in [0.3, 0.4) is 0 Å². The van der Waals surface area contributed by atoms with Gasteiger partial charge < -0.3 is 5.32 Å². The van der Waals surface area contributed by atoms with Crippen molar-refractivity contribution in [1.82, 2.24) is 14.6 Å². The third-order valence-electron chi connectivity index (χ3n) is 5.30. The van der Waals surface area contributed by atoms with Crippen LogP contribution in [0.25, 0.3) is 16.9 Å². The molecule has 0 spiro atoms. The molecule has 2 heterocycles. The van der Waals surface area contributed by atoms with Crippen LogP contribution in [-0.2, 0) is 22.4 Å². The van der Waals surface area contributed by atoms with Gasteiger partial charge in [0.2, 0.25) is 10.0 Å². The van der Waals surface area contributed by atoms with Gasteiger partial charge in [-0.15, -0.1) is 0 Å². The van der Waals surface area contributed by atoms with Crippen LogP contribution in [0, 0.1) is 6.92 Å². The molecule has 0 radical (unpaired) electrons. The van der Waals surface area contributed by atoms with E-state index in [4.69, 9.17) is 5.14 Å². The molecular formula is C22H15F6N5O3S. The molecule has 37 heavy (non-hydrogen) atoms. The Morgan fingerprint density at radius 1 is 0.973 bits per heavy atom. The Balaban J connectivity index is 1.82. The molecule has 0 fully saturated rings. The number of aromatic nitrogens is 3. The van der Waals surface area contributed by atoms with Crippen molar-refractivity contribution in [3.8, 4) is 11.3 Å². The number of carbonyl (C=O) groups excluding carboxylic acids is 1. The van der Waals surface area contributed by atoms with Gasteiger partial charge in [-0.1, -0.05) is 18.2 Å². The van der Waals surface area contributed by atoms with E-state index in [0.717, 1.165) is 24.4 Å². The highest BCUT2D eigenvalue weighted by Crippen LogP contribution is 2.34. The van der Waals surface area contributed by atoms with Crippen LogP contribution in [0.2, 0.25) is 0 Å². The van der Waals surface area contributed by atoms with Crippen LogP contribution in [-0.4, -0.2) is 28.9 Å². The van der Waals surface area contributed by atoms with E-state index in [1.54, 1.807) is 6.92 Å². The molecule has 1 amide bonds. The number of amides is 1. The molecule has 2 aromatic heterocycles. The second-order valence-corrected chi connectivity index (χ2v) is 9.43. The molecule has 0 saturated carbocycles. The van der Waals surface area contributed by atoms with Gasteiger partial charge in [-0.05, 0) is 42.8 Å². The number of halogens is 6. The molecule has 0 atom stereocenters. The minimum atomic E-state index is -4.96. The molecule has 194 valence electrons. The zero-order valence-corrected chi connectivity index (χ0v) is 19.3. The number of nitrogens with one attached hydrogen (secondary N) is 1. The highest BCUT2D eigenvalue weighted by molar-refractivity contribution is 7.89. The minimum Gasteiger partial charge on any atom is -0.322 e. The van der Waals surface area contributed by atoms with Crippen LogP contribution in [0.1, 0.15) is 27.2 Å². The molecule has 3 N–H and O–H groups in total. The number of rotatable bonds is 4. The number of fused-ring (bicyclic) bond motifs is 1. The average molecular weight is 543 g/mol. The predicted octanol–water partition coefficient (Wildman–Crippen LogP) is 4.64. The van der Waals surface area contributed by atoms with Crippen LogP contribution in [0.4, 0.5) is 32.0 Å². The van der Waals surface area contributed by atoms with Gasteiger partial charge in [0.05, 0.1) is 22.3 Å². The monoisotopic (exact) mass is 543 g/mol. The van der Waals surface area contributed by atoms with Crippen molar-refractivity contribution >= 4 is 27.3 Å².